The zero-order chi connectivity index (χ0) is 13.7. The van der Waals surface area contributed by atoms with Crippen LogP contribution >= 0.6 is 0 Å². The first-order valence-corrected chi connectivity index (χ1v) is 5.66. The van der Waals surface area contributed by atoms with E-state index in [-0.39, 0.29) is 0 Å². The van der Waals surface area contributed by atoms with Gasteiger partial charge in [-0.3, -0.25) is 4.99 Å². The molecule has 0 saturated heterocycles. The number of carbonyl (C=O) groups excluding carboxylic acids is 1. The quantitative estimate of drug-likeness (QED) is 0.619. The first-order chi connectivity index (χ1) is 9.22. The van der Waals surface area contributed by atoms with Gasteiger partial charge in [-0.05, 0) is 49.2 Å². The Labute approximate surface area is 111 Å². The van der Waals surface area contributed by atoms with E-state index in [4.69, 9.17) is 4.74 Å². The number of hydrogen-bond donors (Lipinski definition) is 0. The van der Waals surface area contributed by atoms with Crippen molar-refractivity contribution in [1.82, 2.24) is 0 Å². The standard InChI is InChI=1S/C15H13NO3/c1-16-12-6-8-13(9-7-12)19-14-5-3-4-11(10-14)15(17)18-2/h3-10H,1H2,2H3. The van der Waals surface area contributed by atoms with Gasteiger partial charge >= 0.3 is 5.97 Å². The lowest BCUT2D eigenvalue weighted by Crippen LogP contribution is -2.00. The summed E-state index contributed by atoms with van der Waals surface area (Å²) in [6.45, 7) is 3.44. The number of rotatable bonds is 4. The minimum Gasteiger partial charge on any atom is -0.465 e. The SMILES string of the molecule is C=Nc1ccc(Oc2cccc(C(=O)OC)c2)cc1. The topological polar surface area (TPSA) is 47.9 Å². The normalized spacial score (nSPS) is 9.74. The summed E-state index contributed by atoms with van der Waals surface area (Å²) in [7, 11) is 1.34. The molecule has 0 atom stereocenters. The van der Waals surface area contributed by atoms with Gasteiger partial charge < -0.3 is 9.47 Å². The van der Waals surface area contributed by atoms with E-state index in [0.717, 1.165) is 5.69 Å². The van der Waals surface area contributed by atoms with E-state index in [1.165, 1.54) is 7.11 Å². The number of nitrogens with zero attached hydrogens (tertiary/aromatic N) is 1. The lowest BCUT2D eigenvalue weighted by molar-refractivity contribution is 0.0600. The van der Waals surface area contributed by atoms with Gasteiger partial charge in [0.2, 0.25) is 0 Å². The van der Waals surface area contributed by atoms with Crippen molar-refractivity contribution in [3.8, 4) is 11.5 Å². The minimum absolute atomic E-state index is 0.392. The van der Waals surface area contributed by atoms with Crippen molar-refractivity contribution >= 4 is 18.4 Å². The third-order valence-electron chi connectivity index (χ3n) is 2.51. The van der Waals surface area contributed by atoms with Gasteiger partial charge in [-0.15, -0.1) is 0 Å². The fourth-order valence-electron chi connectivity index (χ4n) is 1.56. The molecule has 0 aliphatic heterocycles. The molecule has 4 heteroatoms. The summed E-state index contributed by atoms with van der Waals surface area (Å²) in [5.41, 5.74) is 1.22. The maximum atomic E-state index is 11.4. The van der Waals surface area contributed by atoms with Crippen LogP contribution in [0.4, 0.5) is 5.69 Å². The van der Waals surface area contributed by atoms with E-state index in [2.05, 4.69) is 16.4 Å². The summed E-state index contributed by atoms with van der Waals surface area (Å²) in [5, 5.41) is 0. The molecule has 0 aliphatic rings. The number of ether oxygens (including phenoxy) is 2. The molecule has 0 bridgehead atoms. The molecule has 2 aromatic rings. The highest BCUT2D eigenvalue weighted by Gasteiger charge is 2.06. The summed E-state index contributed by atoms with van der Waals surface area (Å²) in [6, 6.07) is 14.0. The van der Waals surface area contributed by atoms with Crippen molar-refractivity contribution in [2.24, 2.45) is 4.99 Å². The van der Waals surface area contributed by atoms with Crippen LogP contribution < -0.4 is 4.74 Å². The van der Waals surface area contributed by atoms with Crippen molar-refractivity contribution in [3.63, 3.8) is 0 Å². The molecule has 0 aliphatic carbocycles. The molecule has 4 nitrogen and oxygen atoms in total. The lowest BCUT2D eigenvalue weighted by Gasteiger charge is -2.07. The second-order valence-corrected chi connectivity index (χ2v) is 3.77. The van der Waals surface area contributed by atoms with Crippen LogP contribution in [0.5, 0.6) is 11.5 Å². The van der Waals surface area contributed by atoms with Gasteiger partial charge in [0.25, 0.3) is 0 Å². The van der Waals surface area contributed by atoms with E-state index in [1.807, 2.05) is 0 Å². The van der Waals surface area contributed by atoms with Crippen molar-refractivity contribution in [1.29, 1.82) is 0 Å². The van der Waals surface area contributed by atoms with Crippen molar-refractivity contribution in [2.45, 2.75) is 0 Å². The van der Waals surface area contributed by atoms with Gasteiger partial charge in [0.1, 0.15) is 11.5 Å². The van der Waals surface area contributed by atoms with E-state index < -0.39 is 5.97 Å². The number of carbonyl (C=O) groups is 1. The molecule has 0 spiro atoms. The van der Waals surface area contributed by atoms with Crippen LogP contribution in [0.3, 0.4) is 0 Å². The van der Waals surface area contributed by atoms with Gasteiger partial charge in [-0.25, -0.2) is 4.79 Å². The van der Waals surface area contributed by atoms with Gasteiger partial charge in [0.05, 0.1) is 18.4 Å². The summed E-state index contributed by atoms with van der Waals surface area (Å²) >= 11 is 0. The molecular formula is C15H13NO3. The Kier molecular flexibility index (Phi) is 3.93. The van der Waals surface area contributed by atoms with Gasteiger partial charge in [-0.2, -0.15) is 0 Å². The summed E-state index contributed by atoms with van der Waals surface area (Å²) < 4.78 is 10.3. The Morgan fingerprint density at radius 1 is 1.11 bits per heavy atom. The zero-order valence-electron chi connectivity index (χ0n) is 10.5. The zero-order valence-corrected chi connectivity index (χ0v) is 10.5. The molecular weight excluding hydrogens is 242 g/mol. The molecule has 96 valence electrons. The average Bonchev–Trinajstić information content (AvgIpc) is 2.47. The Morgan fingerprint density at radius 2 is 1.84 bits per heavy atom. The van der Waals surface area contributed by atoms with Crippen molar-refractivity contribution in [3.05, 3.63) is 54.1 Å². The average molecular weight is 255 g/mol. The fraction of sp³-hybridized carbons (Fsp3) is 0.0667. The Balaban J connectivity index is 2.18. The van der Waals surface area contributed by atoms with Crippen LogP contribution in [0.15, 0.2) is 53.5 Å². The molecule has 0 unspecified atom stereocenters. The Bertz CT molecular complexity index is 591. The number of benzene rings is 2. The summed E-state index contributed by atoms with van der Waals surface area (Å²) in [6.07, 6.45) is 0. The predicted octanol–water partition coefficient (Wildman–Crippen LogP) is 3.60. The predicted molar refractivity (Wildman–Crippen MR) is 73.5 cm³/mol. The van der Waals surface area contributed by atoms with Crippen LogP contribution in [-0.4, -0.2) is 19.8 Å². The van der Waals surface area contributed by atoms with E-state index in [0.29, 0.717) is 17.1 Å². The van der Waals surface area contributed by atoms with Crippen molar-refractivity contribution in [2.75, 3.05) is 7.11 Å². The van der Waals surface area contributed by atoms with Gasteiger partial charge in [-0.1, -0.05) is 6.07 Å². The molecule has 0 saturated carbocycles. The van der Waals surface area contributed by atoms with Crippen LogP contribution in [0.1, 0.15) is 10.4 Å². The summed E-state index contributed by atoms with van der Waals surface area (Å²) in [5.74, 6) is 0.841. The lowest BCUT2D eigenvalue weighted by atomic mass is 10.2. The van der Waals surface area contributed by atoms with Crippen LogP contribution in [0, 0.1) is 0 Å². The number of aliphatic imine (C=N–C) groups is 1. The molecule has 2 rings (SSSR count). The number of esters is 1. The van der Waals surface area contributed by atoms with Gasteiger partial charge in [0.15, 0.2) is 0 Å². The molecule has 0 heterocycles. The highest BCUT2D eigenvalue weighted by Crippen LogP contribution is 2.24. The maximum Gasteiger partial charge on any atom is 0.337 e. The van der Waals surface area contributed by atoms with Crippen LogP contribution in [0.2, 0.25) is 0 Å². The third-order valence-corrected chi connectivity index (χ3v) is 2.51. The van der Waals surface area contributed by atoms with E-state index in [9.17, 15) is 4.79 Å². The molecule has 0 amide bonds. The van der Waals surface area contributed by atoms with E-state index in [1.54, 1.807) is 48.5 Å². The van der Waals surface area contributed by atoms with Gasteiger partial charge in [0, 0.05) is 0 Å². The Morgan fingerprint density at radius 3 is 2.47 bits per heavy atom. The molecule has 0 radical (unpaired) electrons. The molecule has 0 aromatic heterocycles. The van der Waals surface area contributed by atoms with Crippen LogP contribution in [0.25, 0.3) is 0 Å². The fourth-order valence-corrected chi connectivity index (χ4v) is 1.56. The first-order valence-electron chi connectivity index (χ1n) is 5.66. The molecule has 19 heavy (non-hydrogen) atoms. The maximum absolute atomic E-state index is 11.4. The minimum atomic E-state index is -0.392. The smallest absolute Gasteiger partial charge is 0.337 e. The third kappa shape index (κ3) is 3.19. The summed E-state index contributed by atoms with van der Waals surface area (Å²) in [4.78, 5) is 15.2. The van der Waals surface area contributed by atoms with Crippen LogP contribution in [-0.2, 0) is 4.74 Å². The molecule has 0 fully saturated rings. The number of hydrogen-bond acceptors (Lipinski definition) is 4. The highest BCUT2D eigenvalue weighted by atomic mass is 16.5. The Hall–Kier alpha value is -2.62. The van der Waals surface area contributed by atoms with Crippen molar-refractivity contribution < 1.29 is 14.3 Å². The highest BCUT2D eigenvalue weighted by molar-refractivity contribution is 5.89. The molecule has 0 N–H and O–H groups in total. The second kappa shape index (κ2) is 5.82. The first kappa shape index (κ1) is 12.8. The van der Waals surface area contributed by atoms with E-state index >= 15 is 0 Å². The largest absolute Gasteiger partial charge is 0.465 e. The second-order valence-electron chi connectivity index (χ2n) is 3.77. The molecule has 2 aromatic carbocycles. The monoisotopic (exact) mass is 255 g/mol. The number of methoxy groups -OCH3 is 1.